The highest BCUT2D eigenvalue weighted by molar-refractivity contribution is 5.76. The van der Waals surface area contributed by atoms with Crippen molar-refractivity contribution >= 4 is 11.9 Å². The summed E-state index contributed by atoms with van der Waals surface area (Å²) in [6.45, 7) is 4.91. The molecule has 2 unspecified atom stereocenters. The Morgan fingerprint density at radius 3 is 1.04 bits per heavy atom. The Kier molecular flexibility index (Phi) is 65.9. The van der Waals surface area contributed by atoms with Crippen LogP contribution in [0.4, 0.5) is 0 Å². The second kappa shape index (κ2) is 67.6. The van der Waals surface area contributed by atoms with Crippen molar-refractivity contribution in [1.29, 1.82) is 0 Å². The molecule has 0 rings (SSSR count). The molecule has 0 saturated carbocycles. The summed E-state index contributed by atoms with van der Waals surface area (Å²) < 4.78 is 5.47. The number of ether oxygens (including phenoxy) is 1. The number of rotatable bonds is 66. The van der Waals surface area contributed by atoms with Gasteiger partial charge in [0, 0.05) is 12.8 Å². The van der Waals surface area contributed by atoms with Gasteiger partial charge < -0.3 is 20.3 Å². The Balaban J connectivity index is 3.35. The first-order valence-corrected chi connectivity index (χ1v) is 35.2. The summed E-state index contributed by atoms with van der Waals surface area (Å²) in [6, 6.07) is -0.539. The van der Waals surface area contributed by atoms with E-state index in [1.165, 1.54) is 302 Å². The van der Waals surface area contributed by atoms with Crippen molar-refractivity contribution in [3.8, 4) is 0 Å². The van der Waals surface area contributed by atoms with Crippen molar-refractivity contribution < 1.29 is 24.5 Å². The van der Waals surface area contributed by atoms with Crippen molar-refractivity contribution in [3.63, 3.8) is 0 Å². The number of carbonyl (C=O) groups excluding carboxylic acids is 2. The zero-order valence-electron chi connectivity index (χ0n) is 52.7. The molecule has 0 radical (unpaired) electrons. The van der Waals surface area contributed by atoms with Crippen molar-refractivity contribution in [2.45, 2.75) is 398 Å². The Bertz CT molecular complexity index is 1260. The van der Waals surface area contributed by atoms with E-state index >= 15 is 0 Å². The van der Waals surface area contributed by atoms with Gasteiger partial charge in [-0.1, -0.05) is 333 Å². The third kappa shape index (κ3) is 63.3. The standard InChI is InChI=1S/C72H137NO5/c1-3-5-7-9-11-13-15-17-18-37-41-44-48-52-56-60-64-70(75)69(68-74)73-71(76)65-61-57-53-49-45-42-38-35-33-31-29-27-25-23-21-19-20-22-24-26-28-30-32-34-36-39-43-47-51-55-59-63-67-78-72(77)66-62-58-54-50-46-40-16-14-12-10-8-6-4-2/h8,10,14,16,22,24,69-70,74-75H,3-7,9,11-13,15,17-21,23,25-68H2,1-2H3,(H,73,76)/b10-8-,16-14-,24-22-. The highest BCUT2D eigenvalue weighted by Crippen LogP contribution is 2.19. The van der Waals surface area contributed by atoms with Crippen molar-refractivity contribution in [1.82, 2.24) is 5.32 Å². The number of aliphatic hydroxyl groups is 2. The topological polar surface area (TPSA) is 95.9 Å². The number of nitrogens with one attached hydrogen (secondary N) is 1. The minimum Gasteiger partial charge on any atom is -0.466 e. The molecule has 0 aliphatic heterocycles. The van der Waals surface area contributed by atoms with Crippen LogP contribution in [0.25, 0.3) is 0 Å². The minimum absolute atomic E-state index is 0.00304. The molecule has 6 nitrogen and oxygen atoms in total. The Morgan fingerprint density at radius 2 is 0.667 bits per heavy atom. The van der Waals surface area contributed by atoms with Gasteiger partial charge in [-0.15, -0.1) is 0 Å². The van der Waals surface area contributed by atoms with Crippen LogP contribution in [-0.2, 0) is 14.3 Å². The van der Waals surface area contributed by atoms with Gasteiger partial charge in [0.2, 0.25) is 5.91 Å². The van der Waals surface area contributed by atoms with E-state index in [1.807, 2.05) is 0 Å². The van der Waals surface area contributed by atoms with Gasteiger partial charge in [-0.3, -0.25) is 9.59 Å². The molecule has 0 aliphatic rings. The number of unbranched alkanes of at least 4 members (excludes halogenated alkanes) is 49. The molecular formula is C72H137NO5. The summed E-state index contributed by atoms with van der Waals surface area (Å²) in [6.07, 6.45) is 86.3. The Hall–Kier alpha value is -1.92. The lowest BCUT2D eigenvalue weighted by Crippen LogP contribution is -2.45. The first-order valence-electron chi connectivity index (χ1n) is 35.2. The lowest BCUT2D eigenvalue weighted by atomic mass is 10.0. The normalized spacial score (nSPS) is 12.7. The van der Waals surface area contributed by atoms with E-state index in [1.54, 1.807) is 0 Å². The molecule has 0 aliphatic carbocycles. The van der Waals surface area contributed by atoms with Crippen LogP contribution in [0.5, 0.6) is 0 Å². The maximum atomic E-state index is 12.5. The van der Waals surface area contributed by atoms with E-state index in [9.17, 15) is 19.8 Å². The summed E-state index contributed by atoms with van der Waals surface area (Å²) in [4.78, 5) is 24.5. The number of carbonyl (C=O) groups is 2. The SMILES string of the molecule is CCC/C=C\C/C=C\CCCCCCCC(=O)OCCCCCCCCCCCCCC/C=C\CCCCCCCCCCCCCCCCCCC(=O)NC(CO)C(O)CCCCCCCCCCCCCCCCCC. The maximum absolute atomic E-state index is 12.5. The Morgan fingerprint density at radius 1 is 0.359 bits per heavy atom. The van der Waals surface area contributed by atoms with Crippen LogP contribution in [0, 0.1) is 0 Å². The molecule has 6 heteroatoms. The molecule has 2 atom stereocenters. The lowest BCUT2D eigenvalue weighted by molar-refractivity contribution is -0.143. The summed E-state index contributed by atoms with van der Waals surface area (Å²) >= 11 is 0. The smallest absolute Gasteiger partial charge is 0.305 e. The van der Waals surface area contributed by atoms with E-state index in [0.717, 1.165) is 51.4 Å². The number of esters is 1. The third-order valence-electron chi connectivity index (χ3n) is 16.4. The van der Waals surface area contributed by atoms with Gasteiger partial charge >= 0.3 is 5.97 Å². The fraction of sp³-hybridized carbons (Fsp3) is 0.889. The lowest BCUT2D eigenvalue weighted by Gasteiger charge is -2.22. The van der Waals surface area contributed by atoms with Gasteiger partial charge in [-0.25, -0.2) is 0 Å². The average Bonchev–Trinajstić information content (AvgIpc) is 3.44. The second-order valence-electron chi connectivity index (χ2n) is 24.2. The van der Waals surface area contributed by atoms with Crippen LogP contribution in [0.2, 0.25) is 0 Å². The molecular weight excluding hydrogens is 959 g/mol. The third-order valence-corrected chi connectivity index (χ3v) is 16.4. The first kappa shape index (κ1) is 76.1. The average molecular weight is 1100 g/mol. The molecule has 0 aromatic rings. The van der Waals surface area contributed by atoms with E-state index in [2.05, 4.69) is 55.6 Å². The van der Waals surface area contributed by atoms with Gasteiger partial charge in [0.1, 0.15) is 0 Å². The number of aliphatic hydroxyl groups excluding tert-OH is 2. The van der Waals surface area contributed by atoms with Crippen LogP contribution >= 0.6 is 0 Å². The summed E-state index contributed by atoms with van der Waals surface area (Å²) in [5.74, 6) is -0.0264. The van der Waals surface area contributed by atoms with Crippen molar-refractivity contribution in [3.05, 3.63) is 36.5 Å². The Labute approximate surface area is 487 Å². The summed E-state index contributed by atoms with van der Waals surface area (Å²) in [7, 11) is 0. The molecule has 0 saturated heterocycles. The minimum atomic E-state index is -0.662. The molecule has 0 spiro atoms. The fourth-order valence-electron chi connectivity index (χ4n) is 11.0. The zero-order valence-corrected chi connectivity index (χ0v) is 52.7. The number of hydrogen-bond acceptors (Lipinski definition) is 5. The largest absolute Gasteiger partial charge is 0.466 e. The maximum Gasteiger partial charge on any atom is 0.305 e. The van der Waals surface area contributed by atoms with E-state index < -0.39 is 12.1 Å². The predicted octanol–water partition coefficient (Wildman–Crippen LogP) is 22.7. The molecule has 0 fully saturated rings. The zero-order chi connectivity index (χ0) is 56.4. The monoisotopic (exact) mass is 1100 g/mol. The molecule has 0 heterocycles. The van der Waals surface area contributed by atoms with Gasteiger partial charge in [0.25, 0.3) is 0 Å². The van der Waals surface area contributed by atoms with Gasteiger partial charge in [-0.05, 0) is 77.0 Å². The molecule has 0 bridgehead atoms. The van der Waals surface area contributed by atoms with E-state index in [4.69, 9.17) is 4.74 Å². The summed E-state index contributed by atoms with van der Waals surface area (Å²) in [5, 5.41) is 23.4. The van der Waals surface area contributed by atoms with E-state index in [0.29, 0.717) is 25.9 Å². The quantitative estimate of drug-likeness (QED) is 0.0320. The fourth-order valence-corrected chi connectivity index (χ4v) is 11.0. The molecule has 460 valence electrons. The van der Waals surface area contributed by atoms with Crippen molar-refractivity contribution in [2.75, 3.05) is 13.2 Å². The van der Waals surface area contributed by atoms with Crippen LogP contribution < -0.4 is 5.32 Å². The van der Waals surface area contributed by atoms with Gasteiger partial charge in [0.15, 0.2) is 0 Å². The molecule has 3 N–H and O–H groups in total. The molecule has 0 aromatic heterocycles. The van der Waals surface area contributed by atoms with E-state index in [-0.39, 0.29) is 18.5 Å². The predicted molar refractivity (Wildman–Crippen MR) is 343 cm³/mol. The summed E-state index contributed by atoms with van der Waals surface area (Å²) in [5.41, 5.74) is 0. The highest BCUT2D eigenvalue weighted by atomic mass is 16.5. The molecule has 78 heavy (non-hydrogen) atoms. The first-order chi connectivity index (χ1) is 38.5. The highest BCUT2D eigenvalue weighted by Gasteiger charge is 2.20. The van der Waals surface area contributed by atoms with Crippen LogP contribution in [0.1, 0.15) is 386 Å². The number of amides is 1. The number of allylic oxidation sites excluding steroid dienone is 6. The molecule has 0 aromatic carbocycles. The van der Waals surface area contributed by atoms with Crippen LogP contribution in [-0.4, -0.2) is 47.4 Å². The van der Waals surface area contributed by atoms with Gasteiger partial charge in [-0.2, -0.15) is 0 Å². The molecule has 1 amide bonds. The number of hydrogen-bond donors (Lipinski definition) is 3. The van der Waals surface area contributed by atoms with Gasteiger partial charge in [0.05, 0.1) is 25.4 Å². The van der Waals surface area contributed by atoms with Crippen LogP contribution in [0.3, 0.4) is 0 Å². The van der Waals surface area contributed by atoms with Crippen LogP contribution in [0.15, 0.2) is 36.5 Å². The second-order valence-corrected chi connectivity index (χ2v) is 24.2. The van der Waals surface area contributed by atoms with Crippen molar-refractivity contribution in [2.24, 2.45) is 0 Å².